The summed E-state index contributed by atoms with van der Waals surface area (Å²) in [5.74, 6) is -1.04. The van der Waals surface area contributed by atoms with Crippen molar-refractivity contribution in [1.29, 1.82) is 0 Å². The lowest BCUT2D eigenvalue weighted by Crippen LogP contribution is -2.50. The molecule has 2 aromatic heterocycles. The molecule has 2 aromatic carbocycles. The zero-order valence-corrected chi connectivity index (χ0v) is 37.2. The molecule has 16 heteroatoms. The number of nitrogens with one attached hydrogen (secondary N) is 4. The number of benzene rings is 2. The number of allylic oxidation sites excluding steroid dienone is 2. The summed E-state index contributed by atoms with van der Waals surface area (Å²) in [6.07, 6.45) is 11.2. The van der Waals surface area contributed by atoms with E-state index in [1.54, 1.807) is 43.7 Å². The van der Waals surface area contributed by atoms with Crippen LogP contribution < -0.4 is 31.1 Å². The van der Waals surface area contributed by atoms with Crippen molar-refractivity contribution in [3.63, 3.8) is 0 Å². The quantitative estimate of drug-likeness (QED) is 0.128. The van der Waals surface area contributed by atoms with Crippen LogP contribution in [-0.4, -0.2) is 113 Å². The average molecular weight is 901 g/mol. The third-order valence-electron chi connectivity index (χ3n) is 14.9. The van der Waals surface area contributed by atoms with Crippen LogP contribution >= 0.6 is 0 Å². The van der Waals surface area contributed by atoms with Gasteiger partial charge < -0.3 is 41.3 Å². The molecule has 0 spiro atoms. The van der Waals surface area contributed by atoms with E-state index in [1.807, 2.05) is 36.4 Å². The molecule has 4 fully saturated rings. The van der Waals surface area contributed by atoms with Crippen molar-refractivity contribution in [3.05, 3.63) is 129 Å². The first-order chi connectivity index (χ1) is 32.1. The van der Waals surface area contributed by atoms with Crippen molar-refractivity contribution in [2.45, 2.75) is 69.6 Å². The maximum atomic E-state index is 16.0. The molecule has 66 heavy (non-hydrogen) atoms. The van der Waals surface area contributed by atoms with Crippen LogP contribution in [0.25, 0.3) is 12.2 Å². The number of aliphatic hydroxyl groups is 2. The van der Waals surface area contributed by atoms with Gasteiger partial charge in [-0.15, -0.1) is 0 Å². The Balaban J connectivity index is 0.683. The molecule has 2 saturated heterocycles. The third kappa shape index (κ3) is 8.86. The third-order valence-corrected chi connectivity index (χ3v) is 14.9. The van der Waals surface area contributed by atoms with Gasteiger partial charge in [0.25, 0.3) is 11.8 Å². The van der Waals surface area contributed by atoms with Gasteiger partial charge in [0.05, 0.1) is 23.8 Å². The van der Waals surface area contributed by atoms with Gasteiger partial charge in [-0.05, 0) is 92.1 Å². The zero-order valence-electron chi connectivity index (χ0n) is 37.2. The fourth-order valence-electron chi connectivity index (χ4n) is 11.2. The van der Waals surface area contributed by atoms with Crippen molar-refractivity contribution in [2.24, 2.45) is 11.8 Å². The maximum Gasteiger partial charge on any atom is 0.270 e. The molecular formula is C50H58F2N10O4. The van der Waals surface area contributed by atoms with E-state index in [9.17, 15) is 24.2 Å². The number of fused-ring (bicyclic) bond motifs is 2. The van der Waals surface area contributed by atoms with Crippen molar-refractivity contribution in [3.8, 4) is 0 Å². The number of pyridine rings is 2. The Morgan fingerprint density at radius 3 is 1.73 bits per heavy atom. The molecule has 2 saturated carbocycles. The number of carbonyl (C=O) groups is 2. The summed E-state index contributed by atoms with van der Waals surface area (Å²) in [6.45, 7) is 6.99. The fraction of sp³-hybridized carbons (Fsp3) is 0.440. The Bertz CT molecular complexity index is 2510. The standard InChI is InChI=1S/C50H58F2N10O4/c1-53-47(63)40-13-11-37(28-54-40)61-19-15-60(16-20-61)36-10-8-31(24-36)43-26-33-5-6-34(46(52)45(33)50(66)58-43)27-56-48(64)41-14-12-38(29-55-41)62-21-17-59(18-22-62)35-9-7-30(23-35)42-25-32-3-2-4-39(51)44(32)49(65)57-42/h2-6,11-14,25-26,28-31,35-36,49-50,57-58,65-66H,7-10,15-24,27H2,1H3,(H,53,63)(H,56,64)/t30?,31-,35?,36+,49?,50?/m1/s1. The SMILES string of the molecule is CNC(=O)c1ccc(N2CCN([C@H]3CC[C@@H](C4=Cc5ccc(CNC(=O)c6ccc(N7CCN(C8CCC(C9=Cc%10cccc(F)c%10C(O)N9)C8)CC7)cn6)c(F)c5C(O)N4)C3)CC2)cn1. The van der Waals surface area contributed by atoms with Crippen molar-refractivity contribution in [1.82, 2.24) is 41.0 Å². The predicted molar refractivity (Wildman–Crippen MR) is 248 cm³/mol. The van der Waals surface area contributed by atoms with Gasteiger partial charge in [0, 0.05) is 118 Å². The minimum atomic E-state index is -1.20. The van der Waals surface area contributed by atoms with Gasteiger partial charge in [-0.3, -0.25) is 19.4 Å². The molecule has 6 N–H and O–H groups in total. The Hall–Kier alpha value is -5.94. The summed E-state index contributed by atoms with van der Waals surface area (Å²) in [6, 6.07) is 16.6. The number of amides is 2. The largest absolute Gasteiger partial charge is 0.369 e. The second-order valence-corrected chi connectivity index (χ2v) is 18.5. The van der Waals surface area contributed by atoms with Gasteiger partial charge in [0.1, 0.15) is 23.0 Å². The predicted octanol–water partition coefficient (Wildman–Crippen LogP) is 4.90. The molecule has 14 nitrogen and oxygen atoms in total. The smallest absolute Gasteiger partial charge is 0.270 e. The number of hydrogen-bond acceptors (Lipinski definition) is 12. The van der Waals surface area contributed by atoms with Gasteiger partial charge >= 0.3 is 0 Å². The highest BCUT2D eigenvalue weighted by Gasteiger charge is 2.37. The average Bonchev–Trinajstić information content (AvgIpc) is 4.06. The highest BCUT2D eigenvalue weighted by Crippen LogP contribution is 2.40. The molecule has 0 bridgehead atoms. The van der Waals surface area contributed by atoms with E-state index in [0.717, 1.165) is 119 Å². The molecule has 346 valence electrons. The Labute approximate surface area is 383 Å². The van der Waals surface area contributed by atoms with Crippen molar-refractivity contribution < 1.29 is 28.6 Å². The number of piperazine rings is 2. The summed E-state index contributed by atoms with van der Waals surface area (Å²) >= 11 is 0. The summed E-state index contributed by atoms with van der Waals surface area (Å²) in [5, 5.41) is 33.6. The lowest BCUT2D eigenvalue weighted by Gasteiger charge is -2.39. The molecule has 0 radical (unpaired) electrons. The van der Waals surface area contributed by atoms with E-state index < -0.39 is 30.0 Å². The van der Waals surface area contributed by atoms with Crippen molar-refractivity contribution in [2.75, 3.05) is 69.2 Å². The van der Waals surface area contributed by atoms with Crippen molar-refractivity contribution >= 4 is 35.3 Å². The van der Waals surface area contributed by atoms with E-state index in [1.165, 1.54) is 6.07 Å². The minimum absolute atomic E-state index is 0.0518. The molecule has 2 amide bonds. The first kappa shape index (κ1) is 43.9. The number of hydrogen-bond donors (Lipinski definition) is 6. The van der Waals surface area contributed by atoms with Crippen LogP contribution in [0.5, 0.6) is 0 Å². The molecule has 4 aliphatic heterocycles. The van der Waals surface area contributed by atoms with Gasteiger partial charge in [0.15, 0.2) is 12.5 Å². The van der Waals surface area contributed by atoms with E-state index in [0.29, 0.717) is 28.9 Å². The van der Waals surface area contributed by atoms with Gasteiger partial charge in [0.2, 0.25) is 0 Å². The Kier molecular flexibility index (Phi) is 12.5. The van der Waals surface area contributed by atoms with E-state index in [2.05, 4.69) is 50.8 Å². The van der Waals surface area contributed by atoms with Crippen LogP contribution in [0.3, 0.4) is 0 Å². The lowest BCUT2D eigenvalue weighted by molar-refractivity contribution is 0.0941. The molecular weight excluding hydrogens is 843 g/mol. The number of nitrogens with zero attached hydrogens (tertiary/aromatic N) is 6. The normalized spacial score (nSPS) is 25.5. The summed E-state index contributed by atoms with van der Waals surface area (Å²) < 4.78 is 30.3. The molecule has 6 atom stereocenters. The summed E-state index contributed by atoms with van der Waals surface area (Å²) in [7, 11) is 1.60. The number of carbonyl (C=O) groups excluding carboxylic acids is 2. The highest BCUT2D eigenvalue weighted by molar-refractivity contribution is 5.92. The first-order valence-corrected chi connectivity index (χ1v) is 23.4. The van der Waals surface area contributed by atoms with E-state index >= 15 is 4.39 Å². The van der Waals surface area contributed by atoms with Gasteiger partial charge in [-0.1, -0.05) is 24.3 Å². The van der Waals surface area contributed by atoms with Crippen LogP contribution in [0, 0.1) is 23.5 Å². The monoisotopic (exact) mass is 900 g/mol. The van der Waals surface area contributed by atoms with Gasteiger partial charge in [-0.25, -0.2) is 18.7 Å². The highest BCUT2D eigenvalue weighted by atomic mass is 19.1. The first-order valence-electron chi connectivity index (χ1n) is 23.4. The molecule has 2 aliphatic carbocycles. The topological polar surface area (TPSA) is 161 Å². The second-order valence-electron chi connectivity index (χ2n) is 18.5. The molecule has 4 aromatic rings. The van der Waals surface area contributed by atoms with Crippen LogP contribution in [-0.2, 0) is 6.54 Å². The number of aliphatic hydroxyl groups excluding tert-OH is 2. The zero-order chi connectivity index (χ0) is 45.5. The van der Waals surface area contributed by atoms with Crippen LogP contribution in [0.4, 0.5) is 20.2 Å². The van der Waals surface area contributed by atoms with Crippen LogP contribution in [0.2, 0.25) is 0 Å². The van der Waals surface area contributed by atoms with Crippen LogP contribution in [0.1, 0.15) is 99.8 Å². The molecule has 6 aliphatic rings. The summed E-state index contributed by atoms with van der Waals surface area (Å²) in [4.78, 5) is 43.5. The van der Waals surface area contributed by atoms with Crippen LogP contribution in [0.15, 0.2) is 78.4 Å². The lowest BCUT2D eigenvalue weighted by atomic mass is 9.92. The fourth-order valence-corrected chi connectivity index (χ4v) is 11.2. The van der Waals surface area contributed by atoms with E-state index in [4.69, 9.17) is 0 Å². The Morgan fingerprint density at radius 1 is 0.667 bits per heavy atom. The molecule has 6 heterocycles. The Morgan fingerprint density at radius 2 is 1.20 bits per heavy atom. The van der Waals surface area contributed by atoms with E-state index in [-0.39, 0.29) is 41.1 Å². The summed E-state index contributed by atoms with van der Waals surface area (Å²) in [5.41, 5.74) is 6.66. The number of rotatable bonds is 10. The van der Waals surface area contributed by atoms with Gasteiger partial charge in [-0.2, -0.15) is 0 Å². The molecule has 10 rings (SSSR count). The molecule has 4 unspecified atom stereocenters. The second kappa shape index (κ2) is 18.7. The number of anilines is 2. The number of halogens is 2. The number of aromatic nitrogens is 2. The maximum absolute atomic E-state index is 16.0. The minimum Gasteiger partial charge on any atom is -0.369 e.